The van der Waals surface area contributed by atoms with Crippen molar-refractivity contribution in [1.29, 1.82) is 5.41 Å². The Morgan fingerprint density at radius 1 is 0.439 bits per heavy atom. The molecular weight excluding hydrogens is 697 g/mol. The van der Waals surface area contributed by atoms with Crippen molar-refractivity contribution < 1.29 is 0 Å². The lowest BCUT2D eigenvalue weighted by molar-refractivity contribution is 1.03. The molecule has 0 spiro atoms. The number of amidine groups is 1. The van der Waals surface area contributed by atoms with E-state index >= 15 is 0 Å². The molecule has 0 aliphatic rings. The molecule has 0 saturated carbocycles. The average molecular weight is 731 g/mol. The zero-order valence-corrected chi connectivity index (χ0v) is 30.8. The van der Waals surface area contributed by atoms with Crippen LogP contribution in [0.5, 0.6) is 0 Å². The van der Waals surface area contributed by atoms with E-state index in [9.17, 15) is 0 Å². The number of benzene rings is 8. The molecule has 57 heavy (non-hydrogen) atoms. The molecule has 0 aliphatic heterocycles. The Morgan fingerprint density at radius 3 is 1.82 bits per heavy atom. The van der Waals surface area contributed by atoms with E-state index in [0.29, 0.717) is 17.0 Å². The van der Waals surface area contributed by atoms with Crippen LogP contribution >= 0.6 is 0 Å². The molecule has 10 aromatic rings. The summed E-state index contributed by atoms with van der Waals surface area (Å²) in [6.07, 6.45) is 0. The molecule has 2 N–H and O–H groups in total. The van der Waals surface area contributed by atoms with Crippen LogP contribution < -0.4 is 5.62 Å². The van der Waals surface area contributed by atoms with Crippen molar-refractivity contribution in [3.8, 4) is 56.3 Å². The summed E-state index contributed by atoms with van der Waals surface area (Å²) in [5.74, 6) is 0.779. The lowest BCUT2D eigenvalue weighted by Crippen LogP contribution is -2.17. The molecule has 2 heterocycles. The molecule has 6 heteroatoms. The molecule has 6 nitrogen and oxygen atoms in total. The van der Waals surface area contributed by atoms with E-state index in [1.807, 2.05) is 84.9 Å². The summed E-state index contributed by atoms with van der Waals surface area (Å²) in [6.45, 7) is 0. The second-order valence-corrected chi connectivity index (χ2v) is 14.0. The number of hydrogen-bond donors (Lipinski definition) is 2. The highest BCUT2D eigenvalue weighted by Gasteiger charge is 2.13. The first-order valence-corrected chi connectivity index (χ1v) is 18.9. The van der Waals surface area contributed by atoms with Gasteiger partial charge in [0.15, 0.2) is 11.7 Å². The van der Waals surface area contributed by atoms with Crippen LogP contribution in [0.4, 0.5) is 0 Å². The molecule has 0 fully saturated rings. The third-order valence-electron chi connectivity index (χ3n) is 10.3. The summed E-state index contributed by atoms with van der Waals surface area (Å²) in [6, 6.07) is 66.0. The fourth-order valence-corrected chi connectivity index (χ4v) is 7.38. The molecule has 0 radical (unpaired) electrons. The van der Waals surface area contributed by atoms with Gasteiger partial charge in [-0.3, -0.25) is 5.41 Å². The van der Waals surface area contributed by atoms with Gasteiger partial charge in [-0.2, -0.15) is 4.99 Å². The number of aromatic nitrogens is 4. The Morgan fingerprint density at radius 2 is 1.05 bits per heavy atom. The highest BCUT2D eigenvalue weighted by Crippen LogP contribution is 2.31. The lowest BCUT2D eigenvalue weighted by Gasteiger charge is -2.10. The summed E-state index contributed by atoms with van der Waals surface area (Å²) in [5.41, 5.74) is 10.4. The van der Waals surface area contributed by atoms with Gasteiger partial charge < -0.3 is 4.98 Å². The molecule has 0 bridgehead atoms. The van der Waals surface area contributed by atoms with Crippen molar-refractivity contribution in [2.45, 2.75) is 0 Å². The van der Waals surface area contributed by atoms with Crippen molar-refractivity contribution in [1.82, 2.24) is 19.9 Å². The van der Waals surface area contributed by atoms with Gasteiger partial charge in [0.25, 0.3) is 0 Å². The minimum absolute atomic E-state index is 0.107. The van der Waals surface area contributed by atoms with E-state index in [2.05, 4.69) is 114 Å². The quantitative estimate of drug-likeness (QED) is 0.132. The number of hydrogen-bond acceptors (Lipinski definition) is 4. The Labute approximate surface area is 329 Å². The predicted molar refractivity (Wildman–Crippen MR) is 233 cm³/mol. The number of H-pyrrole nitrogens is 1. The maximum absolute atomic E-state index is 9.15. The van der Waals surface area contributed by atoms with Crippen LogP contribution in [-0.4, -0.2) is 25.8 Å². The highest BCUT2D eigenvalue weighted by atomic mass is 15.0. The van der Waals surface area contributed by atoms with Gasteiger partial charge in [0.05, 0.1) is 22.6 Å². The van der Waals surface area contributed by atoms with E-state index in [-0.39, 0.29) is 5.84 Å². The summed E-state index contributed by atoms with van der Waals surface area (Å²) >= 11 is 0. The van der Waals surface area contributed by atoms with Gasteiger partial charge in [-0.25, -0.2) is 15.0 Å². The molecule has 2 aromatic heterocycles. The summed E-state index contributed by atoms with van der Waals surface area (Å²) < 4.78 is 0. The smallest absolute Gasteiger partial charge is 0.229 e. The van der Waals surface area contributed by atoms with E-state index in [0.717, 1.165) is 72.1 Å². The first-order chi connectivity index (χ1) is 28.1. The Hall–Kier alpha value is -7.83. The normalized spacial score (nSPS) is 11.7. The largest absolute Gasteiger partial charge is 0.323 e. The van der Waals surface area contributed by atoms with Crippen LogP contribution in [0.25, 0.3) is 88.7 Å². The standard InChI is InChI=1S/C51H34N6/c52-49(57-51-54-46(41-27-23-33-11-4-6-15-38(33)29-41)32-47(55-51)42-28-24-34-12-5-7-16-39(34)30-42)43-18-10-17-40(31-43)35-21-25-37(26-22-35)50-53-45-20-9-8-19-44(45)48(56-50)36-13-2-1-3-14-36/h1-32H,(H2,52,54,55,57). The van der Waals surface area contributed by atoms with Gasteiger partial charge in [-0.1, -0.05) is 164 Å². The van der Waals surface area contributed by atoms with Gasteiger partial charge >= 0.3 is 0 Å². The van der Waals surface area contributed by atoms with Crippen LogP contribution in [0.3, 0.4) is 0 Å². The van der Waals surface area contributed by atoms with E-state index in [1.165, 1.54) is 10.8 Å². The zero-order valence-electron chi connectivity index (χ0n) is 30.8. The van der Waals surface area contributed by atoms with Crippen LogP contribution in [0.15, 0.2) is 199 Å². The molecular formula is C51H34N6. The van der Waals surface area contributed by atoms with Crippen LogP contribution in [0.1, 0.15) is 5.56 Å². The fraction of sp³-hybridized carbons (Fsp3) is 0. The maximum atomic E-state index is 9.15. The molecule has 268 valence electrons. The molecule has 0 unspecified atom stereocenters. The van der Waals surface area contributed by atoms with Gasteiger partial charge in [0, 0.05) is 27.6 Å². The second kappa shape index (κ2) is 14.4. The predicted octanol–water partition coefficient (Wildman–Crippen LogP) is 11.9. The van der Waals surface area contributed by atoms with Gasteiger partial charge in [-0.05, 0) is 68.6 Å². The number of aromatic amines is 1. The molecule has 0 amide bonds. The second-order valence-electron chi connectivity index (χ2n) is 14.0. The van der Waals surface area contributed by atoms with E-state index < -0.39 is 0 Å². The van der Waals surface area contributed by atoms with Gasteiger partial charge in [0.2, 0.25) is 5.62 Å². The monoisotopic (exact) mass is 730 g/mol. The van der Waals surface area contributed by atoms with Crippen molar-refractivity contribution in [3.63, 3.8) is 0 Å². The van der Waals surface area contributed by atoms with Crippen molar-refractivity contribution >= 4 is 38.3 Å². The minimum Gasteiger partial charge on any atom is -0.323 e. The van der Waals surface area contributed by atoms with Gasteiger partial charge in [-0.15, -0.1) is 0 Å². The van der Waals surface area contributed by atoms with E-state index in [4.69, 9.17) is 25.4 Å². The minimum atomic E-state index is 0.107. The Balaban J connectivity index is 0.995. The SMILES string of the molecule is N=C(/N=c1/nc(-c2ccc3ccccc3c2)cc(-c2ccc3ccccc3c2)[nH]1)c1cccc(-c2ccc(-c3nc(-c4ccccc4)c4ccccc4n3)cc2)c1. The number of nitrogens with one attached hydrogen (secondary N) is 2. The Bertz CT molecular complexity index is 3100. The van der Waals surface area contributed by atoms with Crippen molar-refractivity contribution in [2.24, 2.45) is 4.99 Å². The molecule has 0 atom stereocenters. The Kier molecular flexibility index (Phi) is 8.54. The molecule has 8 aromatic carbocycles. The first kappa shape index (κ1) is 33.7. The molecule has 0 saturated heterocycles. The topological polar surface area (TPSA) is 90.7 Å². The summed E-state index contributed by atoms with van der Waals surface area (Å²) in [5, 5.41) is 14.8. The molecule has 0 aliphatic carbocycles. The average Bonchev–Trinajstić information content (AvgIpc) is 3.28. The maximum Gasteiger partial charge on any atom is 0.229 e. The number of fused-ring (bicyclic) bond motifs is 3. The fourth-order valence-electron chi connectivity index (χ4n) is 7.38. The lowest BCUT2D eigenvalue weighted by atomic mass is 10.0. The van der Waals surface area contributed by atoms with Crippen LogP contribution in [0.2, 0.25) is 0 Å². The summed E-state index contributed by atoms with van der Waals surface area (Å²) in [4.78, 5) is 23.1. The summed E-state index contributed by atoms with van der Waals surface area (Å²) in [7, 11) is 0. The first-order valence-electron chi connectivity index (χ1n) is 18.9. The number of para-hydroxylation sites is 1. The highest BCUT2D eigenvalue weighted by molar-refractivity contribution is 5.98. The van der Waals surface area contributed by atoms with Crippen molar-refractivity contribution in [3.05, 3.63) is 205 Å². The number of nitrogens with zero attached hydrogens (tertiary/aromatic N) is 4. The third-order valence-corrected chi connectivity index (χ3v) is 10.3. The van der Waals surface area contributed by atoms with Crippen LogP contribution in [0, 0.1) is 5.41 Å². The molecule has 10 rings (SSSR count). The third kappa shape index (κ3) is 6.77. The van der Waals surface area contributed by atoms with Crippen LogP contribution in [-0.2, 0) is 0 Å². The van der Waals surface area contributed by atoms with Crippen molar-refractivity contribution in [2.75, 3.05) is 0 Å². The van der Waals surface area contributed by atoms with Gasteiger partial charge in [0.1, 0.15) is 0 Å². The number of rotatable bonds is 6. The zero-order chi connectivity index (χ0) is 38.1. The van der Waals surface area contributed by atoms with E-state index in [1.54, 1.807) is 0 Å².